The maximum absolute atomic E-state index is 3.79. The maximum atomic E-state index is 3.79. The zero-order valence-electron chi connectivity index (χ0n) is 12.4. The van der Waals surface area contributed by atoms with Crippen LogP contribution in [0, 0.1) is 0 Å². The number of anilines is 2. The zero-order chi connectivity index (χ0) is 14.1. The average Bonchev–Trinajstić information content (AvgIpc) is 2.85. The maximum Gasteiger partial charge on any atom is 0.0597 e. The van der Waals surface area contributed by atoms with E-state index in [0.29, 0.717) is 6.04 Å². The summed E-state index contributed by atoms with van der Waals surface area (Å²) in [6.45, 7) is 2.57. The third kappa shape index (κ3) is 2.96. The average molecular weight is 338 g/mol. The molecule has 2 unspecified atom stereocenters. The molecule has 4 heteroatoms. The van der Waals surface area contributed by atoms with Crippen LogP contribution in [0.4, 0.5) is 11.4 Å². The third-order valence-electron chi connectivity index (χ3n) is 4.62. The van der Waals surface area contributed by atoms with E-state index in [1.807, 2.05) is 0 Å². The topological polar surface area (TPSA) is 18.5 Å². The molecule has 20 heavy (non-hydrogen) atoms. The van der Waals surface area contributed by atoms with Crippen molar-refractivity contribution in [1.29, 1.82) is 0 Å². The summed E-state index contributed by atoms with van der Waals surface area (Å²) in [4.78, 5) is 4.85. The lowest BCUT2D eigenvalue weighted by molar-refractivity contribution is 0.188. The molecule has 3 rings (SSSR count). The molecule has 110 valence electrons. The molecule has 0 aromatic heterocycles. The molecule has 2 saturated heterocycles. The normalized spacial score (nSPS) is 26.4. The molecular formula is C16H24BrN3. The Labute approximate surface area is 130 Å². The quantitative estimate of drug-likeness (QED) is 0.909. The second kappa shape index (κ2) is 5.94. The Bertz CT molecular complexity index is 475. The van der Waals surface area contributed by atoms with Gasteiger partial charge in [-0.05, 0) is 50.4 Å². The summed E-state index contributed by atoms with van der Waals surface area (Å²) < 4.78 is 1.14. The highest BCUT2D eigenvalue weighted by atomic mass is 79.9. The number of hydrogen-bond acceptors (Lipinski definition) is 3. The summed E-state index contributed by atoms with van der Waals surface area (Å²) in [7, 11) is 4.21. The van der Waals surface area contributed by atoms with Crippen LogP contribution in [0.3, 0.4) is 0 Å². The third-order valence-corrected chi connectivity index (χ3v) is 5.11. The van der Waals surface area contributed by atoms with Crippen LogP contribution in [0.25, 0.3) is 0 Å². The van der Waals surface area contributed by atoms with E-state index in [0.717, 1.165) is 10.5 Å². The van der Waals surface area contributed by atoms with Crippen LogP contribution < -0.4 is 10.2 Å². The minimum atomic E-state index is 0.613. The Morgan fingerprint density at radius 3 is 2.90 bits per heavy atom. The van der Waals surface area contributed by atoms with Gasteiger partial charge in [0.05, 0.1) is 11.4 Å². The van der Waals surface area contributed by atoms with Gasteiger partial charge in [0.2, 0.25) is 0 Å². The lowest BCUT2D eigenvalue weighted by atomic mass is 9.97. The van der Waals surface area contributed by atoms with Crippen molar-refractivity contribution in [1.82, 2.24) is 4.90 Å². The molecule has 0 bridgehead atoms. The summed E-state index contributed by atoms with van der Waals surface area (Å²) in [5.41, 5.74) is 2.52. The predicted molar refractivity (Wildman–Crippen MR) is 89.7 cm³/mol. The van der Waals surface area contributed by atoms with Gasteiger partial charge in [0.1, 0.15) is 0 Å². The Balaban J connectivity index is 1.72. The minimum absolute atomic E-state index is 0.613. The second-order valence-corrected chi connectivity index (χ2v) is 7.17. The number of piperidine rings is 1. The van der Waals surface area contributed by atoms with Gasteiger partial charge in [-0.1, -0.05) is 15.9 Å². The van der Waals surface area contributed by atoms with Gasteiger partial charge in [0.15, 0.2) is 0 Å². The van der Waals surface area contributed by atoms with Crippen LogP contribution in [0.5, 0.6) is 0 Å². The highest BCUT2D eigenvalue weighted by Gasteiger charge is 2.31. The molecule has 1 N–H and O–H groups in total. The number of rotatable bonds is 3. The van der Waals surface area contributed by atoms with Crippen molar-refractivity contribution in [2.45, 2.75) is 37.8 Å². The summed E-state index contributed by atoms with van der Waals surface area (Å²) in [5.74, 6) is 0. The molecule has 2 heterocycles. The van der Waals surface area contributed by atoms with Gasteiger partial charge in [-0.2, -0.15) is 0 Å². The van der Waals surface area contributed by atoms with Crippen molar-refractivity contribution >= 4 is 27.3 Å². The van der Waals surface area contributed by atoms with E-state index in [2.05, 4.69) is 63.3 Å². The van der Waals surface area contributed by atoms with E-state index in [1.165, 1.54) is 50.1 Å². The van der Waals surface area contributed by atoms with Gasteiger partial charge in [-0.25, -0.2) is 0 Å². The Morgan fingerprint density at radius 1 is 1.25 bits per heavy atom. The van der Waals surface area contributed by atoms with Gasteiger partial charge < -0.3 is 15.1 Å². The van der Waals surface area contributed by atoms with E-state index >= 15 is 0 Å². The number of halogens is 1. The largest absolute Gasteiger partial charge is 0.380 e. The summed E-state index contributed by atoms with van der Waals surface area (Å²) in [5, 5.41) is 3.79. The highest BCUT2D eigenvalue weighted by molar-refractivity contribution is 9.10. The fourth-order valence-electron chi connectivity index (χ4n) is 3.59. The molecule has 1 aromatic rings. The molecule has 2 atom stereocenters. The lowest BCUT2D eigenvalue weighted by Gasteiger charge is -2.36. The smallest absolute Gasteiger partial charge is 0.0597 e. The molecule has 0 spiro atoms. The van der Waals surface area contributed by atoms with E-state index < -0.39 is 0 Å². The van der Waals surface area contributed by atoms with E-state index in [4.69, 9.17) is 0 Å². The SMILES string of the molecule is CN(C)c1ccc(Br)cc1NC1CCN2CCCC2C1. The Kier molecular flexibility index (Phi) is 4.22. The van der Waals surface area contributed by atoms with Crippen LogP contribution in [-0.2, 0) is 0 Å². The monoisotopic (exact) mass is 337 g/mol. The number of benzene rings is 1. The van der Waals surface area contributed by atoms with Crippen molar-refractivity contribution < 1.29 is 0 Å². The number of fused-ring (bicyclic) bond motifs is 1. The number of nitrogens with one attached hydrogen (secondary N) is 1. The van der Waals surface area contributed by atoms with Crippen LogP contribution in [0.1, 0.15) is 25.7 Å². The molecule has 0 radical (unpaired) electrons. The Hall–Kier alpha value is -0.740. The minimum Gasteiger partial charge on any atom is -0.380 e. The standard InChI is InChI=1S/C16H24BrN3/c1-19(2)16-6-5-12(17)10-15(16)18-13-7-9-20-8-3-4-14(20)11-13/h5-6,10,13-14,18H,3-4,7-9,11H2,1-2H3. The van der Waals surface area contributed by atoms with Crippen molar-refractivity contribution in [3.8, 4) is 0 Å². The first-order chi connectivity index (χ1) is 9.63. The van der Waals surface area contributed by atoms with Gasteiger partial charge in [0.25, 0.3) is 0 Å². The molecule has 2 aliphatic heterocycles. The lowest BCUT2D eigenvalue weighted by Crippen LogP contribution is -2.42. The summed E-state index contributed by atoms with van der Waals surface area (Å²) >= 11 is 3.59. The highest BCUT2D eigenvalue weighted by Crippen LogP contribution is 2.32. The fourth-order valence-corrected chi connectivity index (χ4v) is 3.95. The first-order valence-corrected chi connectivity index (χ1v) is 8.40. The van der Waals surface area contributed by atoms with Gasteiger partial charge in [0, 0.05) is 37.2 Å². The van der Waals surface area contributed by atoms with E-state index in [1.54, 1.807) is 0 Å². The van der Waals surface area contributed by atoms with E-state index in [9.17, 15) is 0 Å². The van der Waals surface area contributed by atoms with Gasteiger partial charge >= 0.3 is 0 Å². The Morgan fingerprint density at radius 2 is 2.10 bits per heavy atom. The van der Waals surface area contributed by atoms with Crippen molar-refractivity contribution in [3.63, 3.8) is 0 Å². The van der Waals surface area contributed by atoms with Crippen LogP contribution in [0.15, 0.2) is 22.7 Å². The van der Waals surface area contributed by atoms with Crippen molar-refractivity contribution in [2.24, 2.45) is 0 Å². The zero-order valence-corrected chi connectivity index (χ0v) is 14.0. The van der Waals surface area contributed by atoms with Crippen LogP contribution in [-0.4, -0.2) is 44.2 Å². The summed E-state index contributed by atoms with van der Waals surface area (Å²) in [6, 6.07) is 7.92. The van der Waals surface area contributed by atoms with Crippen molar-refractivity contribution in [3.05, 3.63) is 22.7 Å². The van der Waals surface area contributed by atoms with Crippen LogP contribution in [0.2, 0.25) is 0 Å². The molecule has 0 amide bonds. The molecule has 3 nitrogen and oxygen atoms in total. The predicted octanol–water partition coefficient (Wildman–Crippen LogP) is 3.55. The second-order valence-electron chi connectivity index (χ2n) is 6.25. The molecule has 2 fully saturated rings. The molecule has 2 aliphatic rings. The fraction of sp³-hybridized carbons (Fsp3) is 0.625. The van der Waals surface area contributed by atoms with Crippen LogP contribution >= 0.6 is 15.9 Å². The van der Waals surface area contributed by atoms with Crippen molar-refractivity contribution in [2.75, 3.05) is 37.4 Å². The molecular weight excluding hydrogens is 314 g/mol. The van der Waals surface area contributed by atoms with Gasteiger partial charge in [-0.15, -0.1) is 0 Å². The molecule has 0 aliphatic carbocycles. The molecule has 0 saturated carbocycles. The van der Waals surface area contributed by atoms with E-state index in [-0.39, 0.29) is 0 Å². The number of hydrogen-bond donors (Lipinski definition) is 1. The first kappa shape index (κ1) is 14.2. The number of nitrogens with zero attached hydrogens (tertiary/aromatic N) is 2. The first-order valence-electron chi connectivity index (χ1n) is 7.61. The van der Waals surface area contributed by atoms with Gasteiger partial charge in [-0.3, -0.25) is 0 Å². The molecule has 1 aromatic carbocycles. The summed E-state index contributed by atoms with van der Waals surface area (Å²) in [6.07, 6.45) is 5.32.